The molecule has 1 aromatic carbocycles. The molecule has 5 rings (SSSR count). The molecule has 1 atom stereocenters. The molecule has 2 N–H and O–H groups in total. The van der Waals surface area contributed by atoms with Crippen LogP contribution in [0.5, 0.6) is 0 Å². The van der Waals surface area contributed by atoms with Crippen LogP contribution in [-0.2, 0) is 6.54 Å². The second-order valence-corrected chi connectivity index (χ2v) is 11.5. The van der Waals surface area contributed by atoms with Crippen LogP contribution in [0.3, 0.4) is 0 Å². The number of para-hydroxylation sites is 1. The maximum Gasteiger partial charge on any atom is 0.254 e. The Morgan fingerprint density at radius 3 is 2.59 bits per heavy atom. The molecule has 37 heavy (non-hydrogen) atoms. The predicted octanol–water partition coefficient (Wildman–Crippen LogP) is 5.37. The van der Waals surface area contributed by atoms with Gasteiger partial charge in [0, 0.05) is 51.4 Å². The molecule has 3 heterocycles. The molecule has 0 spiro atoms. The monoisotopic (exact) mass is 524 g/mol. The summed E-state index contributed by atoms with van der Waals surface area (Å²) in [6.45, 7) is 8.36. The first kappa shape index (κ1) is 26.0. The van der Waals surface area contributed by atoms with Crippen molar-refractivity contribution < 1.29 is 9.18 Å². The molecule has 2 aliphatic rings. The highest BCUT2D eigenvalue weighted by molar-refractivity contribution is 7.98. The predicted molar refractivity (Wildman–Crippen MR) is 148 cm³/mol. The minimum absolute atomic E-state index is 0.160. The van der Waals surface area contributed by atoms with Crippen LogP contribution in [0.25, 0.3) is 10.9 Å². The van der Waals surface area contributed by atoms with Crippen LogP contribution in [0.1, 0.15) is 66.0 Å². The summed E-state index contributed by atoms with van der Waals surface area (Å²) in [7, 11) is 0. The molecule has 2 aromatic heterocycles. The van der Waals surface area contributed by atoms with Crippen molar-refractivity contribution in [3.8, 4) is 0 Å². The molecule has 1 amide bonds. The standard InChI is InChI=1S/C29H37FN4O2S/c1-17-13-26(37-4)24(28(35)32-17)16-31-29(36)27-19(3)34(25-8-6-5-7-23(25)27)18(2)20-9-11-33(12-10-20)22-14-21(30)15-22/h5-8,13,18,20-22H,9-12,14-16H2,1-4H3,(H,31,36)(H,32,35). The van der Waals surface area contributed by atoms with Crippen molar-refractivity contribution in [1.82, 2.24) is 19.8 Å². The van der Waals surface area contributed by atoms with Crippen molar-refractivity contribution in [2.75, 3.05) is 19.3 Å². The second-order valence-electron chi connectivity index (χ2n) is 10.7. The van der Waals surface area contributed by atoms with Crippen LogP contribution in [0.15, 0.2) is 40.0 Å². The fourth-order valence-corrected chi connectivity index (χ4v) is 7.00. The van der Waals surface area contributed by atoms with Gasteiger partial charge in [-0.15, -0.1) is 11.8 Å². The second kappa shape index (κ2) is 10.7. The Kier molecular flexibility index (Phi) is 7.50. The van der Waals surface area contributed by atoms with Gasteiger partial charge in [0.2, 0.25) is 0 Å². The van der Waals surface area contributed by atoms with Crippen molar-refractivity contribution >= 4 is 28.6 Å². The van der Waals surface area contributed by atoms with Gasteiger partial charge in [0.05, 0.1) is 5.56 Å². The summed E-state index contributed by atoms with van der Waals surface area (Å²) < 4.78 is 15.7. The lowest BCUT2D eigenvalue weighted by atomic mass is 9.84. The number of piperidine rings is 1. The van der Waals surface area contributed by atoms with Crippen molar-refractivity contribution in [3.63, 3.8) is 0 Å². The smallest absolute Gasteiger partial charge is 0.254 e. The number of hydrogen-bond acceptors (Lipinski definition) is 4. The van der Waals surface area contributed by atoms with Gasteiger partial charge < -0.3 is 19.8 Å². The molecule has 198 valence electrons. The van der Waals surface area contributed by atoms with Crippen LogP contribution in [0.2, 0.25) is 0 Å². The molecule has 3 aromatic rings. The first-order valence-corrected chi connectivity index (χ1v) is 14.5. The van der Waals surface area contributed by atoms with Gasteiger partial charge in [-0.3, -0.25) is 9.59 Å². The fourth-order valence-electron chi connectivity index (χ4n) is 6.29. The van der Waals surface area contributed by atoms with E-state index in [0.29, 0.717) is 35.9 Å². The van der Waals surface area contributed by atoms with Gasteiger partial charge in [-0.25, -0.2) is 4.39 Å². The number of nitrogens with one attached hydrogen (secondary N) is 2. The zero-order valence-corrected chi connectivity index (χ0v) is 23.0. The van der Waals surface area contributed by atoms with E-state index in [9.17, 15) is 14.0 Å². The van der Waals surface area contributed by atoms with E-state index in [4.69, 9.17) is 0 Å². The first-order valence-electron chi connectivity index (χ1n) is 13.3. The molecular formula is C29H37FN4O2S. The van der Waals surface area contributed by atoms with E-state index in [1.807, 2.05) is 44.4 Å². The van der Waals surface area contributed by atoms with E-state index >= 15 is 0 Å². The average Bonchev–Trinajstić information content (AvgIpc) is 3.17. The number of H-pyrrole nitrogens is 1. The van der Waals surface area contributed by atoms with E-state index < -0.39 is 6.17 Å². The summed E-state index contributed by atoms with van der Waals surface area (Å²) in [5.41, 5.74) is 3.93. The minimum atomic E-state index is -0.614. The van der Waals surface area contributed by atoms with Crippen molar-refractivity contribution in [3.05, 3.63) is 63.2 Å². The lowest BCUT2D eigenvalue weighted by Crippen LogP contribution is -2.49. The highest BCUT2D eigenvalue weighted by Gasteiger charge is 2.37. The largest absolute Gasteiger partial charge is 0.348 e. The number of rotatable bonds is 7. The van der Waals surface area contributed by atoms with Crippen molar-refractivity contribution in [2.24, 2.45) is 5.92 Å². The van der Waals surface area contributed by atoms with Crippen molar-refractivity contribution in [2.45, 2.75) is 76.2 Å². The summed E-state index contributed by atoms with van der Waals surface area (Å²) in [4.78, 5) is 32.3. The lowest BCUT2D eigenvalue weighted by Gasteiger charge is -2.44. The number of likely N-dealkylation sites (tertiary alicyclic amines) is 1. The normalized spacial score (nSPS) is 21.6. The molecule has 1 saturated carbocycles. The Bertz CT molecular complexity index is 1350. The zero-order chi connectivity index (χ0) is 26.3. The van der Waals surface area contributed by atoms with Crippen LogP contribution >= 0.6 is 11.8 Å². The Balaban J connectivity index is 1.37. The molecule has 0 bridgehead atoms. The highest BCUT2D eigenvalue weighted by atomic mass is 32.2. The minimum Gasteiger partial charge on any atom is -0.348 e. The molecule has 1 saturated heterocycles. The maximum atomic E-state index is 13.5. The van der Waals surface area contributed by atoms with Crippen LogP contribution in [-0.4, -0.2) is 51.9 Å². The molecule has 1 aliphatic heterocycles. The summed E-state index contributed by atoms with van der Waals surface area (Å²) in [5.74, 6) is 0.338. The number of pyridine rings is 1. The number of halogens is 1. The molecule has 6 nitrogen and oxygen atoms in total. The van der Waals surface area contributed by atoms with E-state index in [2.05, 4.69) is 32.8 Å². The van der Waals surface area contributed by atoms with Gasteiger partial charge in [-0.2, -0.15) is 0 Å². The molecule has 0 radical (unpaired) electrons. The summed E-state index contributed by atoms with van der Waals surface area (Å²) in [6, 6.07) is 10.7. The Hall–Kier alpha value is -2.58. The van der Waals surface area contributed by atoms with Gasteiger partial charge >= 0.3 is 0 Å². The summed E-state index contributed by atoms with van der Waals surface area (Å²) in [5, 5.41) is 3.96. The van der Waals surface area contributed by atoms with Crippen LogP contribution < -0.4 is 10.9 Å². The van der Waals surface area contributed by atoms with E-state index in [1.54, 1.807) is 0 Å². The number of carbonyl (C=O) groups excluding carboxylic acids is 1. The number of hydrogen-bond donors (Lipinski definition) is 2. The zero-order valence-electron chi connectivity index (χ0n) is 22.1. The SMILES string of the molecule is CSc1cc(C)[nH]c(=O)c1CNC(=O)c1c(C)n(C(C)C2CCN(C3CC(F)C3)CC2)c2ccccc12. The number of amides is 1. The van der Waals surface area contributed by atoms with Gasteiger partial charge in [-0.05, 0) is 83.9 Å². The molecule has 2 fully saturated rings. The van der Waals surface area contributed by atoms with Crippen LogP contribution in [0, 0.1) is 19.8 Å². The number of aromatic amines is 1. The number of nitrogens with zero attached hydrogens (tertiary/aromatic N) is 2. The quantitative estimate of drug-likeness (QED) is 0.408. The summed E-state index contributed by atoms with van der Waals surface area (Å²) in [6.07, 6.45) is 4.86. The molecule has 8 heteroatoms. The van der Waals surface area contributed by atoms with E-state index in [1.165, 1.54) is 11.8 Å². The van der Waals surface area contributed by atoms with Gasteiger partial charge in [0.25, 0.3) is 11.5 Å². The Morgan fingerprint density at radius 1 is 1.22 bits per heavy atom. The van der Waals surface area contributed by atoms with E-state index in [-0.39, 0.29) is 24.1 Å². The van der Waals surface area contributed by atoms with Gasteiger partial charge in [0.15, 0.2) is 0 Å². The third-order valence-electron chi connectivity index (χ3n) is 8.49. The van der Waals surface area contributed by atoms with Gasteiger partial charge in [-0.1, -0.05) is 18.2 Å². The van der Waals surface area contributed by atoms with Crippen molar-refractivity contribution in [1.29, 1.82) is 0 Å². The number of aromatic nitrogens is 2. The number of aryl methyl sites for hydroxylation is 1. The maximum absolute atomic E-state index is 13.5. The fraction of sp³-hybridized carbons (Fsp3) is 0.517. The van der Waals surface area contributed by atoms with Crippen LogP contribution in [0.4, 0.5) is 4.39 Å². The Labute approximate surface area is 222 Å². The number of benzene rings is 1. The third-order valence-corrected chi connectivity index (χ3v) is 9.30. The number of alkyl halides is 1. The number of fused-ring (bicyclic) bond motifs is 1. The molecular weight excluding hydrogens is 487 g/mol. The Morgan fingerprint density at radius 2 is 1.92 bits per heavy atom. The summed E-state index contributed by atoms with van der Waals surface area (Å²) >= 11 is 1.51. The third kappa shape index (κ3) is 4.98. The number of thioether (sulfide) groups is 1. The average molecular weight is 525 g/mol. The molecule has 1 unspecified atom stereocenters. The topological polar surface area (TPSA) is 70.1 Å². The van der Waals surface area contributed by atoms with Gasteiger partial charge in [0.1, 0.15) is 6.17 Å². The lowest BCUT2D eigenvalue weighted by molar-refractivity contribution is 0.0256. The highest BCUT2D eigenvalue weighted by Crippen LogP contribution is 2.38. The van der Waals surface area contributed by atoms with E-state index in [0.717, 1.165) is 53.1 Å². The first-order chi connectivity index (χ1) is 17.8. The number of carbonyl (C=O) groups is 1. The molecule has 1 aliphatic carbocycles.